The number of benzene rings is 3. The molecular weight excluding hydrogens is 352 g/mol. The summed E-state index contributed by atoms with van der Waals surface area (Å²) in [5.41, 5.74) is 5.35. The highest BCUT2D eigenvalue weighted by Gasteiger charge is 2.16. The van der Waals surface area contributed by atoms with Gasteiger partial charge in [0.1, 0.15) is 0 Å². The fourth-order valence-electron chi connectivity index (χ4n) is 4.04. The van der Waals surface area contributed by atoms with E-state index in [0.29, 0.717) is 0 Å². The molecule has 0 aliphatic carbocycles. The van der Waals surface area contributed by atoms with Crippen LogP contribution >= 0.6 is 0 Å². The lowest BCUT2D eigenvalue weighted by atomic mass is 9.97. The molecule has 1 aliphatic heterocycles. The van der Waals surface area contributed by atoms with E-state index in [2.05, 4.69) is 107 Å². The maximum Gasteiger partial charge on any atom is 0.0234 e. The van der Waals surface area contributed by atoms with Gasteiger partial charge in [-0.05, 0) is 28.7 Å². The van der Waals surface area contributed by atoms with Gasteiger partial charge >= 0.3 is 0 Å². The Morgan fingerprint density at radius 3 is 1.66 bits per heavy atom. The topological polar surface area (TPSA) is 6.48 Å². The van der Waals surface area contributed by atoms with E-state index >= 15 is 0 Å². The quantitative estimate of drug-likeness (QED) is 0.545. The van der Waals surface area contributed by atoms with Gasteiger partial charge in [-0.15, -0.1) is 0 Å². The monoisotopic (exact) mass is 382 g/mol. The summed E-state index contributed by atoms with van der Waals surface area (Å²) >= 11 is 0. The third kappa shape index (κ3) is 5.66. The molecule has 0 amide bonds. The zero-order valence-electron chi connectivity index (χ0n) is 17.1. The second kappa shape index (κ2) is 10.2. The van der Waals surface area contributed by atoms with Gasteiger partial charge in [0.25, 0.3) is 0 Å². The standard InChI is InChI=1S/C27H30N2/c1-4-11-24(12-5-1)23-29-21-19-28(20-22-29)18-10-17-27(25-13-6-2-7-14-25)26-15-8-3-9-16-26/h1-9,11-17H,10,18-23H2. The van der Waals surface area contributed by atoms with Crippen LogP contribution in [-0.2, 0) is 6.54 Å². The van der Waals surface area contributed by atoms with E-state index in [4.69, 9.17) is 0 Å². The van der Waals surface area contributed by atoms with Gasteiger partial charge in [-0.25, -0.2) is 0 Å². The molecule has 3 aromatic rings. The molecule has 1 aliphatic rings. The van der Waals surface area contributed by atoms with Crippen LogP contribution in [0.2, 0.25) is 0 Å². The van der Waals surface area contributed by atoms with E-state index in [0.717, 1.165) is 45.7 Å². The molecule has 0 bridgehead atoms. The minimum atomic E-state index is 1.07. The average Bonchev–Trinajstić information content (AvgIpc) is 2.80. The molecule has 1 saturated heterocycles. The molecule has 1 heterocycles. The van der Waals surface area contributed by atoms with Gasteiger partial charge in [-0.3, -0.25) is 4.90 Å². The van der Waals surface area contributed by atoms with Crippen molar-refractivity contribution in [3.05, 3.63) is 114 Å². The Morgan fingerprint density at radius 2 is 1.10 bits per heavy atom. The van der Waals surface area contributed by atoms with E-state index in [1.165, 1.54) is 22.3 Å². The van der Waals surface area contributed by atoms with Gasteiger partial charge in [0, 0.05) is 39.3 Å². The molecule has 0 spiro atoms. The maximum atomic E-state index is 2.60. The van der Waals surface area contributed by atoms with Gasteiger partial charge in [0.05, 0.1) is 0 Å². The van der Waals surface area contributed by atoms with Crippen molar-refractivity contribution in [2.75, 3.05) is 32.7 Å². The van der Waals surface area contributed by atoms with Crippen LogP contribution in [0.5, 0.6) is 0 Å². The maximum absolute atomic E-state index is 2.60. The summed E-state index contributed by atoms with van der Waals surface area (Å²) in [6, 6.07) is 32.3. The molecule has 0 radical (unpaired) electrons. The van der Waals surface area contributed by atoms with Crippen molar-refractivity contribution in [2.24, 2.45) is 0 Å². The fourth-order valence-corrected chi connectivity index (χ4v) is 4.04. The van der Waals surface area contributed by atoms with Crippen molar-refractivity contribution in [2.45, 2.75) is 13.0 Å². The van der Waals surface area contributed by atoms with Crippen LogP contribution < -0.4 is 0 Å². The van der Waals surface area contributed by atoms with Crippen molar-refractivity contribution in [3.63, 3.8) is 0 Å². The van der Waals surface area contributed by atoms with Crippen LogP contribution in [0.3, 0.4) is 0 Å². The molecule has 148 valence electrons. The predicted molar refractivity (Wildman–Crippen MR) is 123 cm³/mol. The Balaban J connectivity index is 1.33. The van der Waals surface area contributed by atoms with E-state index in [-0.39, 0.29) is 0 Å². The van der Waals surface area contributed by atoms with E-state index in [9.17, 15) is 0 Å². The van der Waals surface area contributed by atoms with Gasteiger partial charge in [-0.2, -0.15) is 0 Å². The molecule has 2 heteroatoms. The van der Waals surface area contributed by atoms with Crippen LogP contribution in [0.1, 0.15) is 23.1 Å². The molecule has 3 aromatic carbocycles. The predicted octanol–water partition coefficient (Wildman–Crippen LogP) is 5.33. The van der Waals surface area contributed by atoms with Crippen LogP contribution in [0, 0.1) is 0 Å². The summed E-state index contributed by atoms with van der Waals surface area (Å²) < 4.78 is 0. The Kier molecular flexibility index (Phi) is 6.90. The zero-order chi connectivity index (χ0) is 19.7. The Morgan fingerprint density at radius 1 is 0.621 bits per heavy atom. The summed E-state index contributed by atoms with van der Waals surface area (Å²) in [5, 5.41) is 0. The SMILES string of the molecule is C(CCN1CCN(Cc2ccccc2)CC1)=C(c1ccccc1)c1ccccc1. The van der Waals surface area contributed by atoms with Crippen LogP contribution in [0.4, 0.5) is 0 Å². The minimum Gasteiger partial charge on any atom is -0.300 e. The van der Waals surface area contributed by atoms with Gasteiger partial charge < -0.3 is 4.90 Å². The molecule has 0 saturated carbocycles. The molecule has 0 unspecified atom stereocenters. The Bertz CT molecular complexity index is 838. The Labute approximate surface area is 175 Å². The number of hydrogen-bond donors (Lipinski definition) is 0. The van der Waals surface area contributed by atoms with Crippen LogP contribution in [0.25, 0.3) is 5.57 Å². The lowest BCUT2D eigenvalue weighted by Crippen LogP contribution is -2.46. The van der Waals surface area contributed by atoms with Crippen LogP contribution in [-0.4, -0.2) is 42.5 Å². The van der Waals surface area contributed by atoms with E-state index in [1.807, 2.05) is 0 Å². The zero-order valence-corrected chi connectivity index (χ0v) is 17.1. The summed E-state index contributed by atoms with van der Waals surface area (Å²) in [6.07, 6.45) is 3.50. The molecular formula is C27H30N2. The van der Waals surface area contributed by atoms with Gasteiger partial charge in [0.2, 0.25) is 0 Å². The third-order valence-electron chi connectivity index (χ3n) is 5.68. The van der Waals surface area contributed by atoms with Gasteiger partial charge in [-0.1, -0.05) is 97.1 Å². The van der Waals surface area contributed by atoms with Crippen molar-refractivity contribution in [3.8, 4) is 0 Å². The number of hydrogen-bond acceptors (Lipinski definition) is 2. The molecule has 0 N–H and O–H groups in total. The van der Waals surface area contributed by atoms with E-state index in [1.54, 1.807) is 0 Å². The number of piperazine rings is 1. The first-order chi connectivity index (χ1) is 14.4. The summed E-state index contributed by atoms with van der Waals surface area (Å²) in [4.78, 5) is 5.17. The number of nitrogens with zero attached hydrogens (tertiary/aromatic N) is 2. The molecule has 4 rings (SSSR count). The third-order valence-corrected chi connectivity index (χ3v) is 5.68. The molecule has 0 atom stereocenters. The Hall–Kier alpha value is -2.68. The summed E-state index contributed by atoms with van der Waals surface area (Å²) in [6.45, 7) is 6.83. The largest absolute Gasteiger partial charge is 0.300 e. The first kappa shape index (κ1) is 19.6. The number of rotatable bonds is 7. The van der Waals surface area contributed by atoms with Gasteiger partial charge in [0.15, 0.2) is 0 Å². The molecule has 29 heavy (non-hydrogen) atoms. The highest BCUT2D eigenvalue weighted by molar-refractivity contribution is 5.79. The second-order valence-electron chi connectivity index (χ2n) is 7.74. The first-order valence-electron chi connectivity index (χ1n) is 10.7. The molecule has 2 nitrogen and oxygen atoms in total. The lowest BCUT2D eigenvalue weighted by Gasteiger charge is -2.34. The van der Waals surface area contributed by atoms with Crippen molar-refractivity contribution >= 4 is 5.57 Å². The van der Waals surface area contributed by atoms with Crippen molar-refractivity contribution in [1.82, 2.24) is 9.80 Å². The van der Waals surface area contributed by atoms with Crippen molar-refractivity contribution in [1.29, 1.82) is 0 Å². The fraction of sp³-hybridized carbons (Fsp3) is 0.259. The first-order valence-corrected chi connectivity index (χ1v) is 10.7. The van der Waals surface area contributed by atoms with Crippen LogP contribution in [0.15, 0.2) is 97.1 Å². The highest BCUT2D eigenvalue weighted by atomic mass is 15.3. The highest BCUT2D eigenvalue weighted by Crippen LogP contribution is 2.23. The second-order valence-corrected chi connectivity index (χ2v) is 7.74. The van der Waals surface area contributed by atoms with Crippen molar-refractivity contribution < 1.29 is 0 Å². The smallest absolute Gasteiger partial charge is 0.0234 e. The summed E-state index contributed by atoms with van der Waals surface area (Å²) in [5.74, 6) is 0. The lowest BCUT2D eigenvalue weighted by molar-refractivity contribution is 0.129. The normalized spacial score (nSPS) is 15.2. The summed E-state index contributed by atoms with van der Waals surface area (Å²) in [7, 11) is 0. The average molecular weight is 383 g/mol. The molecule has 0 aromatic heterocycles. The molecule has 1 fully saturated rings. The minimum absolute atomic E-state index is 1.07. The van der Waals surface area contributed by atoms with E-state index < -0.39 is 0 Å².